The van der Waals surface area contributed by atoms with Gasteiger partial charge in [-0.1, -0.05) is 108 Å². The molecule has 33 heavy (non-hydrogen) atoms. The number of hydrogen-bond acceptors (Lipinski definition) is 4. The van der Waals surface area contributed by atoms with Crippen molar-refractivity contribution in [3.8, 4) is 0 Å². The van der Waals surface area contributed by atoms with E-state index in [0.29, 0.717) is 13.0 Å². The highest BCUT2D eigenvalue weighted by Gasteiger charge is 2.18. The third-order valence-electron chi connectivity index (χ3n) is 5.86. The first-order chi connectivity index (χ1) is 16.1. The fourth-order valence-electron chi connectivity index (χ4n) is 3.77. The first-order valence-corrected chi connectivity index (χ1v) is 13.1. The molecule has 0 heterocycles. The summed E-state index contributed by atoms with van der Waals surface area (Å²) in [6.07, 6.45) is 18.7. The molecule has 186 valence electrons. The van der Waals surface area contributed by atoms with Crippen LogP contribution in [0.1, 0.15) is 131 Å². The molecule has 0 saturated heterocycles. The molecule has 0 N–H and O–H groups in total. The summed E-state index contributed by atoms with van der Waals surface area (Å²) in [5, 5.41) is 0. The molecule has 1 rings (SSSR count). The van der Waals surface area contributed by atoms with Crippen molar-refractivity contribution in [2.75, 3.05) is 13.2 Å². The fraction of sp³-hybridized carbons (Fsp3) is 0.655. The van der Waals surface area contributed by atoms with Crippen molar-refractivity contribution in [3.05, 3.63) is 47.5 Å². The largest absolute Gasteiger partial charge is 0.462 e. The number of hydrogen-bond donors (Lipinski definition) is 0. The van der Waals surface area contributed by atoms with Gasteiger partial charge in [0.2, 0.25) is 0 Å². The quantitative estimate of drug-likeness (QED) is 0.112. The maximum atomic E-state index is 12.4. The SMILES string of the molecule is C=C(C)CCOC(=O)c1ccccc1C(=O)OCCCCCCCCCCCCCCCC. The smallest absolute Gasteiger partial charge is 0.339 e. The topological polar surface area (TPSA) is 52.6 Å². The Morgan fingerprint density at radius 2 is 1.06 bits per heavy atom. The number of unbranched alkanes of at least 4 members (excludes halogenated alkanes) is 13. The molecule has 1 aromatic carbocycles. The normalized spacial score (nSPS) is 10.7. The summed E-state index contributed by atoms with van der Waals surface area (Å²) >= 11 is 0. The van der Waals surface area contributed by atoms with Crippen molar-refractivity contribution in [1.29, 1.82) is 0 Å². The maximum absolute atomic E-state index is 12.4. The lowest BCUT2D eigenvalue weighted by molar-refractivity contribution is 0.0456. The Hall–Kier alpha value is -2.10. The summed E-state index contributed by atoms with van der Waals surface area (Å²) in [7, 11) is 0. The Bertz CT molecular complexity index is 680. The van der Waals surface area contributed by atoms with Gasteiger partial charge >= 0.3 is 11.9 Å². The lowest BCUT2D eigenvalue weighted by Gasteiger charge is -2.10. The Labute approximate surface area is 202 Å². The van der Waals surface area contributed by atoms with Gasteiger partial charge in [0.25, 0.3) is 0 Å². The van der Waals surface area contributed by atoms with Crippen LogP contribution in [0.5, 0.6) is 0 Å². The summed E-state index contributed by atoms with van der Waals surface area (Å²) in [6, 6.07) is 6.67. The minimum absolute atomic E-state index is 0.255. The molecule has 0 amide bonds. The Morgan fingerprint density at radius 3 is 1.48 bits per heavy atom. The first-order valence-electron chi connectivity index (χ1n) is 13.1. The van der Waals surface area contributed by atoms with Crippen molar-refractivity contribution in [1.82, 2.24) is 0 Å². The minimum Gasteiger partial charge on any atom is -0.462 e. The molecule has 0 aliphatic rings. The van der Waals surface area contributed by atoms with Gasteiger partial charge in [-0.2, -0.15) is 0 Å². The van der Waals surface area contributed by atoms with Crippen LogP contribution >= 0.6 is 0 Å². The standard InChI is InChI=1S/C29H46O4/c1-4-5-6-7-8-9-10-11-12-13-14-15-16-19-23-32-28(30)26-20-17-18-21-27(26)29(31)33-24-22-25(2)3/h17-18,20-21H,2,4-16,19,22-24H2,1,3H3. The van der Waals surface area contributed by atoms with Crippen molar-refractivity contribution < 1.29 is 19.1 Å². The van der Waals surface area contributed by atoms with E-state index in [-0.39, 0.29) is 17.7 Å². The lowest BCUT2D eigenvalue weighted by Crippen LogP contribution is -2.15. The molecule has 0 aliphatic heterocycles. The van der Waals surface area contributed by atoms with Crippen molar-refractivity contribution in [2.45, 2.75) is 110 Å². The van der Waals surface area contributed by atoms with Gasteiger partial charge in [-0.3, -0.25) is 0 Å². The Kier molecular flexibility index (Phi) is 17.0. The number of esters is 2. The fourth-order valence-corrected chi connectivity index (χ4v) is 3.77. The summed E-state index contributed by atoms with van der Waals surface area (Å²) in [5.74, 6) is -0.961. The maximum Gasteiger partial charge on any atom is 0.339 e. The van der Waals surface area contributed by atoms with Crippen LogP contribution in [0.2, 0.25) is 0 Å². The molecule has 1 aromatic rings. The monoisotopic (exact) mass is 458 g/mol. The zero-order valence-electron chi connectivity index (χ0n) is 21.2. The molecular weight excluding hydrogens is 412 g/mol. The molecule has 0 unspecified atom stereocenters. The van der Waals surface area contributed by atoms with E-state index < -0.39 is 11.9 Å². The average molecular weight is 459 g/mol. The third kappa shape index (κ3) is 14.6. The van der Waals surface area contributed by atoms with E-state index >= 15 is 0 Å². The van der Waals surface area contributed by atoms with E-state index in [1.54, 1.807) is 24.3 Å². The molecule has 4 heteroatoms. The van der Waals surface area contributed by atoms with Gasteiger partial charge in [0.1, 0.15) is 0 Å². The van der Waals surface area contributed by atoms with Gasteiger partial charge in [0.15, 0.2) is 0 Å². The van der Waals surface area contributed by atoms with E-state index in [1.807, 2.05) is 6.92 Å². The number of benzene rings is 1. The van der Waals surface area contributed by atoms with Gasteiger partial charge in [-0.25, -0.2) is 9.59 Å². The molecule has 0 aromatic heterocycles. The zero-order valence-corrected chi connectivity index (χ0v) is 21.2. The van der Waals surface area contributed by atoms with Crippen molar-refractivity contribution in [3.63, 3.8) is 0 Å². The van der Waals surface area contributed by atoms with Crippen LogP contribution in [-0.2, 0) is 9.47 Å². The van der Waals surface area contributed by atoms with Crippen LogP contribution in [0.15, 0.2) is 36.4 Å². The number of carbonyl (C=O) groups excluding carboxylic acids is 2. The Morgan fingerprint density at radius 1 is 0.667 bits per heavy atom. The van der Waals surface area contributed by atoms with Crippen LogP contribution in [-0.4, -0.2) is 25.2 Å². The van der Waals surface area contributed by atoms with E-state index in [1.165, 1.54) is 77.0 Å². The van der Waals surface area contributed by atoms with Crippen LogP contribution in [0.4, 0.5) is 0 Å². The summed E-state index contributed by atoms with van der Waals surface area (Å²) < 4.78 is 10.7. The third-order valence-corrected chi connectivity index (χ3v) is 5.86. The summed E-state index contributed by atoms with van der Waals surface area (Å²) in [4.78, 5) is 24.7. The average Bonchev–Trinajstić information content (AvgIpc) is 2.81. The van der Waals surface area contributed by atoms with Crippen molar-refractivity contribution >= 4 is 11.9 Å². The van der Waals surface area contributed by atoms with Gasteiger partial charge < -0.3 is 9.47 Å². The number of rotatable bonds is 20. The zero-order chi connectivity index (χ0) is 24.2. The van der Waals surface area contributed by atoms with Gasteiger partial charge in [-0.05, 0) is 25.5 Å². The molecule has 4 nitrogen and oxygen atoms in total. The molecule has 0 atom stereocenters. The van der Waals surface area contributed by atoms with E-state index in [0.717, 1.165) is 18.4 Å². The minimum atomic E-state index is -0.500. The Balaban J connectivity index is 2.10. The molecule has 0 radical (unpaired) electrons. The van der Waals surface area contributed by atoms with Crippen LogP contribution < -0.4 is 0 Å². The molecular formula is C29H46O4. The molecule has 0 bridgehead atoms. The predicted molar refractivity (Wildman–Crippen MR) is 137 cm³/mol. The number of carbonyl (C=O) groups is 2. The molecule has 0 fully saturated rings. The lowest BCUT2D eigenvalue weighted by atomic mass is 10.0. The van der Waals surface area contributed by atoms with Crippen molar-refractivity contribution in [2.24, 2.45) is 0 Å². The van der Waals surface area contributed by atoms with E-state index in [4.69, 9.17) is 9.47 Å². The van der Waals surface area contributed by atoms with Crippen LogP contribution in [0, 0.1) is 0 Å². The van der Waals surface area contributed by atoms with Gasteiger partial charge in [0, 0.05) is 6.42 Å². The second-order valence-electron chi connectivity index (χ2n) is 9.12. The van der Waals surface area contributed by atoms with Crippen LogP contribution in [0.25, 0.3) is 0 Å². The highest BCUT2D eigenvalue weighted by Crippen LogP contribution is 2.15. The summed E-state index contributed by atoms with van der Waals surface area (Å²) in [5.41, 5.74) is 1.47. The second-order valence-corrected chi connectivity index (χ2v) is 9.12. The predicted octanol–water partition coefficient (Wildman–Crippen LogP) is 8.45. The van der Waals surface area contributed by atoms with Gasteiger partial charge in [-0.15, -0.1) is 6.58 Å². The molecule has 0 saturated carbocycles. The van der Waals surface area contributed by atoms with Gasteiger partial charge in [0.05, 0.1) is 24.3 Å². The highest BCUT2D eigenvalue weighted by molar-refractivity contribution is 6.03. The molecule has 0 spiro atoms. The molecule has 0 aliphatic carbocycles. The second kappa shape index (κ2) is 19.4. The van der Waals surface area contributed by atoms with Crippen LogP contribution in [0.3, 0.4) is 0 Å². The first kappa shape index (κ1) is 28.9. The van der Waals surface area contributed by atoms with E-state index in [2.05, 4.69) is 13.5 Å². The van der Waals surface area contributed by atoms with E-state index in [9.17, 15) is 9.59 Å². The summed E-state index contributed by atoms with van der Waals surface area (Å²) in [6.45, 7) is 8.59. The highest BCUT2D eigenvalue weighted by atomic mass is 16.5. The number of ether oxygens (including phenoxy) is 2.